The lowest BCUT2D eigenvalue weighted by Gasteiger charge is -2.08. The molecule has 0 fully saturated rings. The number of nitrogens with zero attached hydrogens (tertiary/aromatic N) is 4. The molecule has 3 rings (SSSR count). The van der Waals surface area contributed by atoms with Gasteiger partial charge >= 0.3 is 0 Å². The number of nitrogens with one attached hydrogen (secondary N) is 1. The minimum atomic E-state index is 0.479. The van der Waals surface area contributed by atoms with Gasteiger partial charge in [-0.3, -0.25) is 4.98 Å². The summed E-state index contributed by atoms with van der Waals surface area (Å²) in [4.78, 5) is 16.8. The van der Waals surface area contributed by atoms with Crippen molar-refractivity contribution in [2.24, 2.45) is 0 Å². The Balaban J connectivity index is 1.46. The highest BCUT2D eigenvalue weighted by molar-refractivity contribution is 5.29. The molecule has 0 radical (unpaired) electrons. The molecule has 2 heterocycles. The van der Waals surface area contributed by atoms with Crippen LogP contribution < -0.4 is 14.8 Å². The van der Waals surface area contributed by atoms with Crippen molar-refractivity contribution < 1.29 is 9.47 Å². The molecule has 0 unspecified atom stereocenters. The zero-order chi connectivity index (χ0) is 18.2. The Kier molecular flexibility index (Phi) is 6.05. The van der Waals surface area contributed by atoms with Crippen molar-refractivity contribution in [3.05, 3.63) is 66.0 Å². The molecule has 7 nitrogen and oxygen atoms in total. The summed E-state index contributed by atoms with van der Waals surface area (Å²) in [5.74, 6) is 2.59. The third-order valence-electron chi connectivity index (χ3n) is 3.63. The summed E-state index contributed by atoms with van der Waals surface area (Å²) < 4.78 is 10.8. The maximum absolute atomic E-state index is 5.63. The number of aromatic nitrogens is 4. The number of rotatable bonds is 8. The van der Waals surface area contributed by atoms with E-state index >= 15 is 0 Å². The maximum Gasteiger partial charge on any atom is 0.237 e. The summed E-state index contributed by atoms with van der Waals surface area (Å²) in [6, 6.07) is 9.69. The van der Waals surface area contributed by atoms with Gasteiger partial charge in [0, 0.05) is 43.7 Å². The Morgan fingerprint density at radius 1 is 1.04 bits per heavy atom. The molecule has 7 heteroatoms. The van der Waals surface area contributed by atoms with Gasteiger partial charge in [-0.25, -0.2) is 9.97 Å². The van der Waals surface area contributed by atoms with Gasteiger partial charge in [-0.05, 0) is 24.6 Å². The topological polar surface area (TPSA) is 82.0 Å². The zero-order valence-corrected chi connectivity index (χ0v) is 14.8. The summed E-state index contributed by atoms with van der Waals surface area (Å²) in [7, 11) is 1.61. The molecule has 134 valence electrons. The standard InChI is InChI=1S/C19H21N5O2/c1-14-11-18(25-2)24-17(23-14)7-8-20-12-15-3-5-16(6-4-15)26-19-13-21-9-10-22-19/h3-6,9-11,13,20H,7-8,12H2,1-2H3. The largest absolute Gasteiger partial charge is 0.481 e. The van der Waals surface area contributed by atoms with Gasteiger partial charge in [-0.2, -0.15) is 4.98 Å². The summed E-state index contributed by atoms with van der Waals surface area (Å²) in [6.07, 6.45) is 5.53. The SMILES string of the molecule is COc1cc(C)nc(CCNCc2ccc(Oc3cnccn3)cc2)n1. The first kappa shape index (κ1) is 17.8. The summed E-state index contributed by atoms with van der Waals surface area (Å²) in [5.41, 5.74) is 2.07. The van der Waals surface area contributed by atoms with Crippen LogP contribution in [0.25, 0.3) is 0 Å². The molecule has 0 saturated carbocycles. The van der Waals surface area contributed by atoms with Gasteiger partial charge in [0.15, 0.2) is 0 Å². The molecule has 2 aromatic heterocycles. The van der Waals surface area contributed by atoms with E-state index in [2.05, 4.69) is 25.3 Å². The number of ether oxygens (including phenoxy) is 2. The minimum absolute atomic E-state index is 0.479. The Labute approximate surface area is 152 Å². The lowest BCUT2D eigenvalue weighted by Crippen LogP contribution is -2.18. The van der Waals surface area contributed by atoms with Crippen molar-refractivity contribution in [3.63, 3.8) is 0 Å². The fourth-order valence-electron chi connectivity index (χ4n) is 2.38. The molecular formula is C19H21N5O2. The van der Waals surface area contributed by atoms with Gasteiger partial charge in [0.25, 0.3) is 0 Å². The van der Waals surface area contributed by atoms with Crippen LogP contribution in [0.15, 0.2) is 48.9 Å². The molecule has 0 saturated heterocycles. The number of hydrogen-bond donors (Lipinski definition) is 1. The lowest BCUT2D eigenvalue weighted by molar-refractivity contribution is 0.394. The Hall–Kier alpha value is -3.06. The van der Waals surface area contributed by atoms with E-state index in [4.69, 9.17) is 9.47 Å². The molecule has 0 aliphatic heterocycles. The Bertz CT molecular complexity index is 825. The molecule has 0 aliphatic rings. The van der Waals surface area contributed by atoms with Crippen LogP contribution in [-0.2, 0) is 13.0 Å². The smallest absolute Gasteiger partial charge is 0.237 e. The van der Waals surface area contributed by atoms with Crippen molar-refractivity contribution in [1.82, 2.24) is 25.3 Å². The van der Waals surface area contributed by atoms with Crippen LogP contribution in [0.4, 0.5) is 0 Å². The molecule has 1 aromatic carbocycles. The molecule has 0 spiro atoms. The Morgan fingerprint density at radius 3 is 2.62 bits per heavy atom. The van der Waals surface area contributed by atoms with Gasteiger partial charge < -0.3 is 14.8 Å². The first-order valence-electron chi connectivity index (χ1n) is 8.35. The fraction of sp³-hybridized carbons (Fsp3) is 0.263. The maximum atomic E-state index is 5.63. The predicted octanol–water partition coefficient (Wildman–Crippen LogP) is 2.71. The molecule has 26 heavy (non-hydrogen) atoms. The van der Waals surface area contributed by atoms with Crippen LogP contribution in [-0.4, -0.2) is 33.6 Å². The molecule has 0 atom stereocenters. The molecule has 0 aliphatic carbocycles. The third kappa shape index (κ3) is 5.22. The average molecular weight is 351 g/mol. The lowest BCUT2D eigenvalue weighted by atomic mass is 10.2. The summed E-state index contributed by atoms with van der Waals surface area (Å²) in [5, 5.41) is 3.39. The second kappa shape index (κ2) is 8.87. The first-order chi connectivity index (χ1) is 12.7. The second-order valence-electron chi connectivity index (χ2n) is 5.68. The first-order valence-corrected chi connectivity index (χ1v) is 8.35. The quantitative estimate of drug-likeness (QED) is 0.625. The van der Waals surface area contributed by atoms with E-state index in [0.29, 0.717) is 11.8 Å². The highest BCUT2D eigenvalue weighted by Crippen LogP contribution is 2.18. The van der Waals surface area contributed by atoms with Gasteiger partial charge in [0.05, 0.1) is 13.3 Å². The van der Waals surface area contributed by atoms with E-state index in [1.807, 2.05) is 37.3 Å². The van der Waals surface area contributed by atoms with Crippen molar-refractivity contribution in [2.75, 3.05) is 13.7 Å². The van der Waals surface area contributed by atoms with E-state index in [0.717, 1.165) is 36.8 Å². The fourth-order valence-corrected chi connectivity index (χ4v) is 2.38. The van der Waals surface area contributed by atoms with Gasteiger partial charge in [-0.1, -0.05) is 12.1 Å². The molecule has 1 N–H and O–H groups in total. The van der Waals surface area contributed by atoms with E-state index in [9.17, 15) is 0 Å². The highest BCUT2D eigenvalue weighted by atomic mass is 16.5. The van der Waals surface area contributed by atoms with Crippen LogP contribution in [0.1, 0.15) is 17.1 Å². The van der Waals surface area contributed by atoms with E-state index in [-0.39, 0.29) is 0 Å². The van der Waals surface area contributed by atoms with E-state index < -0.39 is 0 Å². The second-order valence-corrected chi connectivity index (χ2v) is 5.68. The van der Waals surface area contributed by atoms with Crippen molar-refractivity contribution in [1.29, 1.82) is 0 Å². The molecular weight excluding hydrogens is 330 g/mol. The minimum Gasteiger partial charge on any atom is -0.481 e. The van der Waals surface area contributed by atoms with Crippen LogP contribution in [0, 0.1) is 6.92 Å². The molecule has 0 bridgehead atoms. The monoisotopic (exact) mass is 351 g/mol. The van der Waals surface area contributed by atoms with Gasteiger partial charge in [-0.15, -0.1) is 0 Å². The number of hydrogen-bond acceptors (Lipinski definition) is 7. The van der Waals surface area contributed by atoms with Crippen molar-refractivity contribution in [2.45, 2.75) is 19.9 Å². The van der Waals surface area contributed by atoms with Gasteiger partial charge in [0.1, 0.15) is 11.6 Å². The summed E-state index contributed by atoms with van der Waals surface area (Å²) in [6.45, 7) is 3.48. The Morgan fingerprint density at radius 2 is 1.88 bits per heavy atom. The molecule has 3 aromatic rings. The van der Waals surface area contributed by atoms with E-state index in [1.165, 1.54) is 5.56 Å². The van der Waals surface area contributed by atoms with Crippen molar-refractivity contribution in [3.8, 4) is 17.5 Å². The normalized spacial score (nSPS) is 10.5. The highest BCUT2D eigenvalue weighted by Gasteiger charge is 2.03. The predicted molar refractivity (Wildman–Crippen MR) is 97.3 cm³/mol. The van der Waals surface area contributed by atoms with Crippen LogP contribution >= 0.6 is 0 Å². The number of aryl methyl sites for hydroxylation is 1. The van der Waals surface area contributed by atoms with Gasteiger partial charge in [0.2, 0.25) is 11.8 Å². The van der Waals surface area contributed by atoms with E-state index in [1.54, 1.807) is 25.7 Å². The zero-order valence-electron chi connectivity index (χ0n) is 14.8. The third-order valence-corrected chi connectivity index (χ3v) is 3.63. The molecule has 0 amide bonds. The van der Waals surface area contributed by atoms with Crippen LogP contribution in [0.2, 0.25) is 0 Å². The van der Waals surface area contributed by atoms with Crippen molar-refractivity contribution >= 4 is 0 Å². The average Bonchev–Trinajstić information content (AvgIpc) is 2.67. The summed E-state index contributed by atoms with van der Waals surface area (Å²) >= 11 is 0. The van der Waals surface area contributed by atoms with Crippen LogP contribution in [0.5, 0.6) is 17.5 Å². The number of methoxy groups -OCH3 is 1. The van der Waals surface area contributed by atoms with Crippen LogP contribution in [0.3, 0.4) is 0 Å². The number of benzene rings is 1.